The molecule has 1 aromatic carbocycles. The first-order valence-corrected chi connectivity index (χ1v) is 9.13. The summed E-state index contributed by atoms with van der Waals surface area (Å²) in [5.74, 6) is 1.29. The Labute approximate surface area is 161 Å². The molecule has 28 heavy (non-hydrogen) atoms. The van der Waals surface area contributed by atoms with Crippen molar-refractivity contribution in [1.29, 1.82) is 0 Å². The van der Waals surface area contributed by atoms with Gasteiger partial charge >= 0.3 is 0 Å². The molecule has 7 nitrogen and oxygen atoms in total. The fourth-order valence-electron chi connectivity index (χ4n) is 3.40. The summed E-state index contributed by atoms with van der Waals surface area (Å²) >= 11 is 0. The van der Waals surface area contributed by atoms with E-state index in [-0.39, 0.29) is 24.2 Å². The zero-order chi connectivity index (χ0) is 19.5. The molecule has 1 aliphatic rings. The Bertz CT molecular complexity index is 990. The largest absolute Gasteiger partial charge is 0.354 e. The minimum atomic E-state index is -0.337. The average Bonchev–Trinajstić information content (AvgIpc) is 3.31. The molecule has 0 radical (unpaired) electrons. The predicted molar refractivity (Wildman–Crippen MR) is 101 cm³/mol. The predicted octanol–water partition coefficient (Wildman–Crippen LogP) is 2.52. The van der Waals surface area contributed by atoms with Crippen molar-refractivity contribution >= 4 is 11.7 Å². The first-order valence-electron chi connectivity index (χ1n) is 9.13. The molecule has 0 aliphatic carbocycles. The fraction of sp³-hybridized carbons (Fsp3) is 0.300. The van der Waals surface area contributed by atoms with Gasteiger partial charge < -0.3 is 14.7 Å². The maximum atomic E-state index is 13.3. The number of hydrogen-bond donors (Lipinski definition) is 1. The van der Waals surface area contributed by atoms with Gasteiger partial charge in [-0.25, -0.2) is 9.37 Å². The maximum absolute atomic E-state index is 13.3. The number of nitrogens with zero attached hydrogens (tertiary/aromatic N) is 4. The van der Waals surface area contributed by atoms with Crippen LogP contribution in [0.1, 0.15) is 17.8 Å². The van der Waals surface area contributed by atoms with Crippen molar-refractivity contribution in [2.45, 2.75) is 25.8 Å². The zero-order valence-electron chi connectivity index (χ0n) is 15.4. The second-order valence-corrected chi connectivity index (χ2v) is 6.83. The minimum Gasteiger partial charge on any atom is -0.354 e. The van der Waals surface area contributed by atoms with E-state index in [0.717, 1.165) is 24.3 Å². The second-order valence-electron chi connectivity index (χ2n) is 6.83. The van der Waals surface area contributed by atoms with E-state index in [4.69, 9.17) is 4.52 Å². The van der Waals surface area contributed by atoms with Crippen LogP contribution in [0.15, 0.2) is 47.1 Å². The summed E-state index contributed by atoms with van der Waals surface area (Å²) in [6.45, 7) is 3.15. The van der Waals surface area contributed by atoms with Gasteiger partial charge in [-0.15, -0.1) is 0 Å². The Morgan fingerprint density at radius 3 is 3.04 bits per heavy atom. The highest BCUT2D eigenvalue weighted by atomic mass is 19.1. The fourth-order valence-corrected chi connectivity index (χ4v) is 3.40. The highest BCUT2D eigenvalue weighted by molar-refractivity contribution is 5.79. The van der Waals surface area contributed by atoms with Crippen LogP contribution >= 0.6 is 0 Å². The zero-order valence-corrected chi connectivity index (χ0v) is 15.4. The van der Waals surface area contributed by atoms with Crippen LogP contribution in [0.25, 0.3) is 11.5 Å². The second kappa shape index (κ2) is 7.75. The van der Waals surface area contributed by atoms with Gasteiger partial charge in [0.1, 0.15) is 11.6 Å². The summed E-state index contributed by atoms with van der Waals surface area (Å²) in [4.78, 5) is 23.2. The third kappa shape index (κ3) is 4.00. The van der Waals surface area contributed by atoms with Crippen LogP contribution in [0.4, 0.5) is 10.2 Å². The molecule has 0 saturated carbocycles. The van der Waals surface area contributed by atoms with Crippen LogP contribution < -0.4 is 10.2 Å². The summed E-state index contributed by atoms with van der Waals surface area (Å²) in [7, 11) is 0. The third-order valence-corrected chi connectivity index (χ3v) is 4.65. The van der Waals surface area contributed by atoms with Crippen molar-refractivity contribution in [3.63, 3.8) is 0 Å². The Morgan fingerprint density at radius 1 is 1.36 bits per heavy atom. The quantitative estimate of drug-likeness (QED) is 0.731. The lowest BCUT2D eigenvalue weighted by atomic mass is 10.1. The van der Waals surface area contributed by atoms with Crippen molar-refractivity contribution < 1.29 is 13.7 Å². The lowest BCUT2D eigenvalue weighted by Gasteiger charge is -2.19. The molecule has 3 heterocycles. The Kier molecular flexibility index (Phi) is 5.01. The Hall–Kier alpha value is -3.29. The molecule has 144 valence electrons. The van der Waals surface area contributed by atoms with Crippen molar-refractivity contribution in [3.8, 4) is 11.5 Å². The van der Waals surface area contributed by atoms with Gasteiger partial charge in [-0.2, -0.15) is 4.98 Å². The highest BCUT2D eigenvalue weighted by Crippen LogP contribution is 2.29. The molecule has 0 bridgehead atoms. The van der Waals surface area contributed by atoms with Crippen LogP contribution in [-0.2, 0) is 11.2 Å². The highest BCUT2D eigenvalue weighted by Gasteiger charge is 2.27. The van der Waals surface area contributed by atoms with Crippen LogP contribution in [-0.4, -0.2) is 40.2 Å². The van der Waals surface area contributed by atoms with E-state index in [2.05, 4.69) is 25.3 Å². The smallest absolute Gasteiger partial charge is 0.261 e. The minimum absolute atomic E-state index is 0.000312. The SMILES string of the molecule is Cc1noc(-c2cccnc2N2CC[C@@H](NC(=O)Cc3cccc(F)c3)C2)n1. The van der Waals surface area contributed by atoms with Crippen molar-refractivity contribution in [1.82, 2.24) is 20.4 Å². The van der Waals surface area contributed by atoms with Gasteiger partial charge in [-0.05, 0) is 43.2 Å². The van der Waals surface area contributed by atoms with Gasteiger partial charge in [0.2, 0.25) is 5.91 Å². The number of hydrogen-bond acceptors (Lipinski definition) is 6. The topological polar surface area (TPSA) is 84.2 Å². The van der Waals surface area contributed by atoms with Gasteiger partial charge in [-0.1, -0.05) is 17.3 Å². The molecule has 1 N–H and O–H groups in total. The number of rotatable bonds is 5. The Morgan fingerprint density at radius 2 is 2.25 bits per heavy atom. The van der Waals surface area contributed by atoms with Gasteiger partial charge in [0, 0.05) is 25.3 Å². The number of nitrogens with one attached hydrogen (secondary N) is 1. The van der Waals surface area contributed by atoms with E-state index in [9.17, 15) is 9.18 Å². The molecule has 1 atom stereocenters. The molecular formula is C20H20FN5O2. The molecule has 3 aromatic rings. The summed E-state index contributed by atoms with van der Waals surface area (Å²) < 4.78 is 18.6. The molecule has 0 unspecified atom stereocenters. The number of aryl methyl sites for hydroxylation is 1. The summed E-state index contributed by atoms with van der Waals surface area (Å²) in [6.07, 6.45) is 2.68. The van der Waals surface area contributed by atoms with Gasteiger partial charge in [0.05, 0.1) is 12.0 Å². The van der Waals surface area contributed by atoms with E-state index in [1.165, 1.54) is 12.1 Å². The number of carbonyl (C=O) groups is 1. The third-order valence-electron chi connectivity index (χ3n) is 4.65. The van der Waals surface area contributed by atoms with Gasteiger partial charge in [-0.3, -0.25) is 4.79 Å². The monoisotopic (exact) mass is 381 g/mol. The molecule has 0 spiro atoms. The van der Waals surface area contributed by atoms with E-state index in [0.29, 0.717) is 23.8 Å². The number of benzene rings is 1. The molecule has 4 rings (SSSR count). The lowest BCUT2D eigenvalue weighted by molar-refractivity contribution is -0.121. The molecule has 1 amide bonds. The molecule has 1 fully saturated rings. The number of pyridine rings is 1. The van der Waals surface area contributed by atoms with E-state index in [1.807, 2.05) is 12.1 Å². The molecule has 8 heteroatoms. The Balaban J connectivity index is 1.41. The van der Waals surface area contributed by atoms with E-state index in [1.54, 1.807) is 25.3 Å². The normalized spacial score (nSPS) is 16.4. The molecule has 1 aliphatic heterocycles. The van der Waals surface area contributed by atoms with Gasteiger partial charge in [0.15, 0.2) is 5.82 Å². The van der Waals surface area contributed by atoms with Crippen molar-refractivity contribution in [2.75, 3.05) is 18.0 Å². The average molecular weight is 381 g/mol. The standard InChI is InChI=1S/C20H20FN5O2/c1-13-23-20(28-25-13)17-6-3-8-22-19(17)26-9-7-16(12-26)24-18(27)11-14-4-2-5-15(21)10-14/h2-6,8,10,16H,7,9,11-12H2,1H3,(H,24,27)/t16-/m1/s1. The molecule has 1 saturated heterocycles. The molecule has 2 aromatic heterocycles. The van der Waals surface area contributed by atoms with E-state index < -0.39 is 0 Å². The first-order chi connectivity index (χ1) is 13.6. The number of carbonyl (C=O) groups excluding carboxylic acids is 1. The summed E-state index contributed by atoms with van der Waals surface area (Å²) in [5, 5.41) is 6.87. The number of anilines is 1. The summed E-state index contributed by atoms with van der Waals surface area (Å²) in [6, 6.07) is 9.82. The number of halogens is 1. The van der Waals surface area contributed by atoms with Crippen LogP contribution in [0.5, 0.6) is 0 Å². The maximum Gasteiger partial charge on any atom is 0.261 e. The van der Waals surface area contributed by atoms with Crippen molar-refractivity contribution in [2.24, 2.45) is 0 Å². The van der Waals surface area contributed by atoms with Crippen LogP contribution in [0.3, 0.4) is 0 Å². The van der Waals surface area contributed by atoms with Crippen LogP contribution in [0.2, 0.25) is 0 Å². The van der Waals surface area contributed by atoms with Crippen LogP contribution in [0, 0.1) is 12.7 Å². The van der Waals surface area contributed by atoms with E-state index >= 15 is 0 Å². The first kappa shape index (κ1) is 18.1. The molecular weight excluding hydrogens is 361 g/mol. The van der Waals surface area contributed by atoms with Gasteiger partial charge in [0.25, 0.3) is 5.89 Å². The van der Waals surface area contributed by atoms with Crippen molar-refractivity contribution in [3.05, 3.63) is 59.8 Å². The number of amides is 1. The lowest BCUT2D eigenvalue weighted by Crippen LogP contribution is -2.38. The summed E-state index contributed by atoms with van der Waals surface area (Å²) in [5.41, 5.74) is 1.43. The number of aromatic nitrogens is 3.